The molecule has 30 heavy (non-hydrogen) atoms. The molecule has 0 radical (unpaired) electrons. The highest BCUT2D eigenvalue weighted by molar-refractivity contribution is 5.25. The zero-order valence-electron chi connectivity index (χ0n) is 20.9. The standard InChI is InChI=1S/C29H48O/c1-18(2)21(5)19(3)16-20(4)25-10-11-26-24-9-8-22-17-23(30)12-14-28(22,6)27(24)13-15-29(25,26)7/h8,16,18,20-21,23-27,30H,9-15,17H2,1-7H3/b19-16+/t20-,21?,23+,24+,25-,26+,27+,28+,29-/m1/s1. The van der Waals surface area contributed by atoms with Gasteiger partial charge in [-0.25, -0.2) is 0 Å². The quantitative estimate of drug-likeness (QED) is 0.467. The fourth-order valence-corrected chi connectivity index (χ4v) is 8.75. The summed E-state index contributed by atoms with van der Waals surface area (Å²) >= 11 is 0. The molecule has 0 aromatic heterocycles. The Kier molecular flexibility index (Phi) is 6.10. The first-order valence-electron chi connectivity index (χ1n) is 13.1. The van der Waals surface area contributed by atoms with Gasteiger partial charge in [0.2, 0.25) is 0 Å². The Morgan fingerprint density at radius 2 is 1.77 bits per heavy atom. The maximum Gasteiger partial charge on any atom is 0.0577 e. The second-order valence-electron chi connectivity index (χ2n) is 12.7. The van der Waals surface area contributed by atoms with E-state index in [1.807, 2.05) is 0 Å². The summed E-state index contributed by atoms with van der Waals surface area (Å²) in [6, 6.07) is 0. The van der Waals surface area contributed by atoms with Crippen LogP contribution < -0.4 is 0 Å². The average molecular weight is 413 g/mol. The molecule has 170 valence electrons. The van der Waals surface area contributed by atoms with Crippen LogP contribution in [0.4, 0.5) is 0 Å². The van der Waals surface area contributed by atoms with E-state index in [9.17, 15) is 5.11 Å². The van der Waals surface area contributed by atoms with Gasteiger partial charge >= 0.3 is 0 Å². The number of rotatable bonds is 4. The van der Waals surface area contributed by atoms with Crippen molar-refractivity contribution in [3.63, 3.8) is 0 Å². The summed E-state index contributed by atoms with van der Waals surface area (Å²) in [5.41, 5.74) is 4.11. The fourth-order valence-electron chi connectivity index (χ4n) is 8.75. The van der Waals surface area contributed by atoms with Crippen molar-refractivity contribution in [2.45, 2.75) is 106 Å². The molecule has 4 rings (SSSR count). The molecule has 3 saturated carbocycles. The molecule has 0 spiro atoms. The van der Waals surface area contributed by atoms with Gasteiger partial charge in [-0.3, -0.25) is 0 Å². The van der Waals surface area contributed by atoms with Gasteiger partial charge in [0, 0.05) is 0 Å². The molecule has 9 atom stereocenters. The van der Waals surface area contributed by atoms with Crippen LogP contribution in [-0.2, 0) is 0 Å². The predicted octanol–water partition coefficient (Wildman–Crippen LogP) is 7.80. The molecule has 1 heteroatoms. The van der Waals surface area contributed by atoms with E-state index < -0.39 is 0 Å². The van der Waals surface area contributed by atoms with Crippen LogP contribution in [-0.4, -0.2) is 11.2 Å². The average Bonchev–Trinajstić information content (AvgIpc) is 3.05. The maximum atomic E-state index is 10.2. The number of aliphatic hydroxyl groups excluding tert-OH is 1. The molecule has 3 fully saturated rings. The van der Waals surface area contributed by atoms with E-state index in [0.29, 0.717) is 22.7 Å². The van der Waals surface area contributed by atoms with E-state index in [4.69, 9.17) is 0 Å². The molecule has 0 saturated heterocycles. The number of fused-ring (bicyclic) bond motifs is 5. The van der Waals surface area contributed by atoms with E-state index in [-0.39, 0.29) is 6.10 Å². The van der Waals surface area contributed by atoms with Crippen LogP contribution >= 0.6 is 0 Å². The Labute approximate surface area is 186 Å². The molecule has 4 aliphatic rings. The van der Waals surface area contributed by atoms with Gasteiger partial charge in [-0.2, -0.15) is 0 Å². The van der Waals surface area contributed by atoms with E-state index >= 15 is 0 Å². The summed E-state index contributed by atoms with van der Waals surface area (Å²) in [6.45, 7) is 17.2. The van der Waals surface area contributed by atoms with Crippen LogP contribution in [0, 0.1) is 52.3 Å². The summed E-state index contributed by atoms with van der Waals surface area (Å²) in [7, 11) is 0. The minimum absolute atomic E-state index is 0.0882. The molecule has 1 unspecified atom stereocenters. The molecule has 0 bridgehead atoms. The highest BCUT2D eigenvalue weighted by Crippen LogP contribution is 2.67. The summed E-state index contributed by atoms with van der Waals surface area (Å²) in [6.07, 6.45) is 15.3. The first-order chi connectivity index (χ1) is 14.1. The van der Waals surface area contributed by atoms with Gasteiger partial charge in [-0.1, -0.05) is 64.8 Å². The maximum absolute atomic E-state index is 10.2. The van der Waals surface area contributed by atoms with Gasteiger partial charge in [-0.05, 0) is 111 Å². The van der Waals surface area contributed by atoms with Gasteiger partial charge in [0.15, 0.2) is 0 Å². The van der Waals surface area contributed by atoms with Gasteiger partial charge in [0.25, 0.3) is 0 Å². The fraction of sp³-hybridized carbons (Fsp3) is 0.862. The Morgan fingerprint density at radius 3 is 2.47 bits per heavy atom. The molecular formula is C29H48O. The number of allylic oxidation sites excluding steroid dienone is 3. The van der Waals surface area contributed by atoms with Crippen molar-refractivity contribution in [2.75, 3.05) is 0 Å². The molecule has 4 aliphatic carbocycles. The Balaban J connectivity index is 1.55. The smallest absolute Gasteiger partial charge is 0.0577 e. The second-order valence-corrected chi connectivity index (χ2v) is 12.7. The highest BCUT2D eigenvalue weighted by atomic mass is 16.3. The lowest BCUT2D eigenvalue weighted by Crippen LogP contribution is -2.50. The van der Waals surface area contributed by atoms with Gasteiger partial charge in [0.05, 0.1) is 6.10 Å². The van der Waals surface area contributed by atoms with Gasteiger partial charge in [0.1, 0.15) is 0 Å². The van der Waals surface area contributed by atoms with E-state index in [1.165, 1.54) is 38.5 Å². The van der Waals surface area contributed by atoms with Crippen LogP contribution in [0.3, 0.4) is 0 Å². The number of aliphatic hydroxyl groups is 1. The highest BCUT2D eigenvalue weighted by Gasteiger charge is 2.59. The van der Waals surface area contributed by atoms with Crippen molar-refractivity contribution in [1.29, 1.82) is 0 Å². The number of hydrogen-bond acceptors (Lipinski definition) is 1. The summed E-state index contributed by atoms with van der Waals surface area (Å²) in [5, 5.41) is 10.2. The van der Waals surface area contributed by atoms with Crippen LogP contribution in [0.5, 0.6) is 0 Å². The molecule has 0 aromatic carbocycles. The van der Waals surface area contributed by atoms with Crippen molar-refractivity contribution < 1.29 is 5.11 Å². The SMILES string of the molecule is C/C(=C\[C@@H](C)[C@H]1CC[C@H]2[C@@H]3CC=C4C[C@@H](O)CC[C@]4(C)[C@H]3CC[C@]12C)C(C)C(C)C. The Morgan fingerprint density at radius 1 is 1.03 bits per heavy atom. The first-order valence-corrected chi connectivity index (χ1v) is 13.1. The zero-order chi connectivity index (χ0) is 21.8. The third kappa shape index (κ3) is 3.56. The van der Waals surface area contributed by atoms with Crippen molar-refractivity contribution in [1.82, 2.24) is 0 Å². The van der Waals surface area contributed by atoms with E-state index in [1.54, 1.807) is 11.1 Å². The van der Waals surface area contributed by atoms with E-state index in [0.717, 1.165) is 42.4 Å². The lowest BCUT2D eigenvalue weighted by atomic mass is 9.47. The topological polar surface area (TPSA) is 20.2 Å². The molecule has 0 aliphatic heterocycles. The predicted molar refractivity (Wildman–Crippen MR) is 128 cm³/mol. The second kappa shape index (κ2) is 8.09. The van der Waals surface area contributed by atoms with Gasteiger partial charge in [-0.15, -0.1) is 0 Å². The van der Waals surface area contributed by atoms with Crippen LogP contribution in [0.1, 0.15) is 99.8 Å². The summed E-state index contributed by atoms with van der Waals surface area (Å²) in [4.78, 5) is 0. The lowest BCUT2D eigenvalue weighted by molar-refractivity contribution is -0.0541. The third-order valence-electron chi connectivity index (χ3n) is 11.0. The Hall–Kier alpha value is -0.560. The minimum atomic E-state index is -0.0882. The summed E-state index contributed by atoms with van der Waals surface area (Å²) < 4.78 is 0. The molecule has 1 nitrogen and oxygen atoms in total. The van der Waals surface area contributed by atoms with Gasteiger partial charge < -0.3 is 5.11 Å². The van der Waals surface area contributed by atoms with Crippen molar-refractivity contribution in [2.24, 2.45) is 52.3 Å². The molecule has 1 N–H and O–H groups in total. The lowest BCUT2D eigenvalue weighted by Gasteiger charge is -2.58. The molecule has 0 heterocycles. The summed E-state index contributed by atoms with van der Waals surface area (Å²) in [5.74, 6) is 5.61. The minimum Gasteiger partial charge on any atom is -0.393 e. The monoisotopic (exact) mass is 412 g/mol. The van der Waals surface area contributed by atoms with Crippen molar-refractivity contribution >= 4 is 0 Å². The molecule has 0 amide bonds. The normalized spacial score (nSPS) is 46.0. The van der Waals surface area contributed by atoms with Crippen molar-refractivity contribution in [3.8, 4) is 0 Å². The van der Waals surface area contributed by atoms with Crippen LogP contribution in [0.15, 0.2) is 23.3 Å². The van der Waals surface area contributed by atoms with Crippen molar-refractivity contribution in [3.05, 3.63) is 23.3 Å². The molecular weight excluding hydrogens is 364 g/mol. The first kappa shape index (κ1) is 22.6. The largest absolute Gasteiger partial charge is 0.393 e. The van der Waals surface area contributed by atoms with Crippen LogP contribution in [0.25, 0.3) is 0 Å². The Bertz CT molecular complexity index is 701. The number of hydrogen-bond donors (Lipinski definition) is 1. The van der Waals surface area contributed by atoms with Crippen LogP contribution in [0.2, 0.25) is 0 Å². The molecule has 0 aromatic rings. The third-order valence-corrected chi connectivity index (χ3v) is 11.0. The van der Waals surface area contributed by atoms with E-state index in [2.05, 4.69) is 60.6 Å². The zero-order valence-corrected chi connectivity index (χ0v) is 20.9.